The third-order valence-electron chi connectivity index (χ3n) is 3.23. The van der Waals surface area contributed by atoms with Crippen LogP contribution in [-0.4, -0.2) is 32.6 Å². The average Bonchev–Trinajstić information content (AvgIpc) is 2.94. The molecule has 0 spiro atoms. The first-order valence-corrected chi connectivity index (χ1v) is 8.72. The molecule has 126 valence electrons. The molecule has 0 saturated carbocycles. The molecule has 2 aromatic heterocycles. The van der Waals surface area contributed by atoms with Crippen molar-refractivity contribution in [1.82, 2.24) is 24.1 Å². The standard InChI is InChI=1S/C12H10Cl2N6O3S/c1-6-15-10-16-11(17-20(10)12(21)19(6)2)24(22,23)18-9-7(13)4-3-5-8(9)14/h3-5,18H,1-2H3. The van der Waals surface area contributed by atoms with Crippen LogP contribution in [0.2, 0.25) is 10.0 Å². The van der Waals surface area contributed by atoms with E-state index in [0.29, 0.717) is 5.82 Å². The Hall–Kier alpha value is -2.17. The van der Waals surface area contributed by atoms with Crippen LogP contribution in [0.1, 0.15) is 5.82 Å². The predicted molar refractivity (Wildman–Crippen MR) is 88.0 cm³/mol. The van der Waals surface area contributed by atoms with Gasteiger partial charge >= 0.3 is 5.69 Å². The summed E-state index contributed by atoms with van der Waals surface area (Å²) in [5.41, 5.74) is -0.570. The van der Waals surface area contributed by atoms with E-state index in [1.165, 1.54) is 23.7 Å². The maximum atomic E-state index is 12.5. The number of aromatic nitrogens is 5. The highest BCUT2D eigenvalue weighted by Gasteiger charge is 2.24. The summed E-state index contributed by atoms with van der Waals surface area (Å²) in [6.07, 6.45) is 0. The normalized spacial score (nSPS) is 11.8. The van der Waals surface area contributed by atoms with Gasteiger partial charge in [0.25, 0.3) is 21.0 Å². The van der Waals surface area contributed by atoms with Crippen molar-refractivity contribution in [3.8, 4) is 0 Å². The zero-order chi connectivity index (χ0) is 17.6. The average molecular weight is 389 g/mol. The Bertz CT molecular complexity index is 1100. The Kier molecular flexibility index (Phi) is 3.98. The van der Waals surface area contributed by atoms with Crippen molar-refractivity contribution in [3.63, 3.8) is 0 Å². The number of sulfonamides is 1. The summed E-state index contributed by atoms with van der Waals surface area (Å²) in [4.78, 5) is 19.9. The van der Waals surface area contributed by atoms with Crippen LogP contribution in [0.4, 0.5) is 5.69 Å². The topological polar surface area (TPSA) is 111 Å². The Balaban J connectivity index is 2.12. The summed E-state index contributed by atoms with van der Waals surface area (Å²) in [6, 6.07) is 4.52. The number of hydrogen-bond acceptors (Lipinski definition) is 6. The lowest BCUT2D eigenvalue weighted by Gasteiger charge is -2.08. The molecule has 12 heteroatoms. The molecule has 9 nitrogen and oxygen atoms in total. The maximum Gasteiger partial charge on any atom is 0.353 e. The molecule has 0 aliphatic rings. The number of nitrogens with one attached hydrogen (secondary N) is 1. The van der Waals surface area contributed by atoms with Gasteiger partial charge in [-0.1, -0.05) is 29.3 Å². The van der Waals surface area contributed by atoms with Crippen molar-refractivity contribution in [2.45, 2.75) is 12.1 Å². The Labute approximate surface area is 145 Å². The second-order valence-corrected chi connectivity index (χ2v) is 7.20. The van der Waals surface area contributed by atoms with Crippen molar-refractivity contribution in [2.75, 3.05) is 4.72 Å². The van der Waals surface area contributed by atoms with Crippen LogP contribution in [0, 0.1) is 6.92 Å². The summed E-state index contributed by atoms with van der Waals surface area (Å²) < 4.78 is 29.1. The first-order chi connectivity index (χ1) is 11.2. The fraction of sp³-hybridized carbons (Fsp3) is 0.167. The molecule has 0 aliphatic carbocycles. The zero-order valence-electron chi connectivity index (χ0n) is 12.4. The maximum absolute atomic E-state index is 12.5. The molecule has 1 N–H and O–H groups in total. The van der Waals surface area contributed by atoms with E-state index >= 15 is 0 Å². The summed E-state index contributed by atoms with van der Waals surface area (Å²) in [6.45, 7) is 1.59. The largest absolute Gasteiger partial charge is 0.353 e. The summed E-state index contributed by atoms with van der Waals surface area (Å²) in [5, 5.41) is 3.32. The summed E-state index contributed by atoms with van der Waals surface area (Å²) in [5.74, 6) is 0.243. The van der Waals surface area contributed by atoms with Gasteiger partial charge in [0, 0.05) is 7.05 Å². The lowest BCUT2D eigenvalue weighted by atomic mass is 10.3. The van der Waals surface area contributed by atoms with E-state index in [0.717, 1.165) is 4.52 Å². The van der Waals surface area contributed by atoms with Crippen molar-refractivity contribution in [2.24, 2.45) is 7.05 Å². The Morgan fingerprint density at radius 1 is 1.17 bits per heavy atom. The number of aryl methyl sites for hydroxylation is 1. The molecule has 24 heavy (non-hydrogen) atoms. The van der Waals surface area contributed by atoms with Crippen LogP contribution in [0.3, 0.4) is 0 Å². The predicted octanol–water partition coefficient (Wildman–Crippen LogP) is 1.24. The molecule has 0 radical (unpaired) electrons. The van der Waals surface area contributed by atoms with Gasteiger partial charge in [-0.2, -0.15) is 18.4 Å². The molecule has 3 aromatic rings. The van der Waals surface area contributed by atoms with E-state index in [9.17, 15) is 13.2 Å². The molecular weight excluding hydrogens is 379 g/mol. The van der Waals surface area contributed by atoms with Crippen LogP contribution in [-0.2, 0) is 17.1 Å². The smallest absolute Gasteiger partial charge is 0.283 e. The molecular formula is C12H10Cl2N6O3S. The van der Waals surface area contributed by atoms with Crippen LogP contribution in [0.15, 0.2) is 28.2 Å². The molecule has 0 amide bonds. The van der Waals surface area contributed by atoms with E-state index in [2.05, 4.69) is 19.8 Å². The third-order valence-corrected chi connectivity index (χ3v) is 4.98. The first-order valence-electron chi connectivity index (χ1n) is 6.48. The highest BCUT2D eigenvalue weighted by atomic mass is 35.5. The second kappa shape index (κ2) is 5.72. The molecule has 0 atom stereocenters. The summed E-state index contributed by atoms with van der Waals surface area (Å²) >= 11 is 11.9. The van der Waals surface area contributed by atoms with Crippen LogP contribution >= 0.6 is 23.2 Å². The fourth-order valence-corrected chi connectivity index (χ4v) is 3.45. The second-order valence-electron chi connectivity index (χ2n) is 4.81. The number of para-hydroxylation sites is 1. The number of halogens is 2. The Morgan fingerprint density at radius 3 is 2.42 bits per heavy atom. The van der Waals surface area contributed by atoms with Gasteiger partial charge in [-0.15, -0.1) is 9.61 Å². The highest BCUT2D eigenvalue weighted by molar-refractivity contribution is 7.92. The molecule has 3 rings (SSSR count). The van der Waals surface area contributed by atoms with Gasteiger partial charge in [-0.3, -0.25) is 9.29 Å². The van der Waals surface area contributed by atoms with Gasteiger partial charge < -0.3 is 0 Å². The number of nitrogens with zero attached hydrogens (tertiary/aromatic N) is 5. The van der Waals surface area contributed by atoms with E-state index in [1.54, 1.807) is 13.0 Å². The molecule has 0 aliphatic heterocycles. The minimum atomic E-state index is -4.21. The molecule has 0 bridgehead atoms. The van der Waals surface area contributed by atoms with Crippen molar-refractivity contribution >= 4 is 44.7 Å². The number of rotatable bonds is 3. The van der Waals surface area contributed by atoms with Crippen LogP contribution in [0.25, 0.3) is 5.78 Å². The lowest BCUT2D eigenvalue weighted by molar-refractivity contribution is 0.590. The molecule has 1 aromatic carbocycles. The third kappa shape index (κ3) is 2.72. The van der Waals surface area contributed by atoms with Crippen molar-refractivity contribution < 1.29 is 8.42 Å². The van der Waals surface area contributed by atoms with Gasteiger partial charge in [-0.25, -0.2) is 4.79 Å². The number of benzene rings is 1. The lowest BCUT2D eigenvalue weighted by Crippen LogP contribution is -2.28. The van der Waals surface area contributed by atoms with Crippen molar-refractivity contribution in [1.29, 1.82) is 0 Å². The first kappa shape index (κ1) is 16.7. The van der Waals surface area contributed by atoms with E-state index in [1.807, 2.05) is 0 Å². The van der Waals surface area contributed by atoms with Gasteiger partial charge in [0.05, 0.1) is 15.7 Å². The van der Waals surface area contributed by atoms with Crippen LogP contribution in [0.5, 0.6) is 0 Å². The van der Waals surface area contributed by atoms with E-state index in [-0.39, 0.29) is 21.5 Å². The Morgan fingerprint density at radius 2 is 1.79 bits per heavy atom. The number of anilines is 1. The minimum Gasteiger partial charge on any atom is -0.283 e. The van der Waals surface area contributed by atoms with Gasteiger partial charge in [0.1, 0.15) is 5.82 Å². The van der Waals surface area contributed by atoms with E-state index in [4.69, 9.17) is 23.2 Å². The minimum absolute atomic E-state index is 0.00303. The molecule has 2 heterocycles. The van der Waals surface area contributed by atoms with Gasteiger partial charge in [0.15, 0.2) is 0 Å². The molecule has 0 saturated heterocycles. The van der Waals surface area contributed by atoms with E-state index < -0.39 is 20.9 Å². The van der Waals surface area contributed by atoms with Crippen molar-refractivity contribution in [3.05, 3.63) is 44.6 Å². The number of fused-ring (bicyclic) bond motifs is 1. The monoisotopic (exact) mass is 388 g/mol. The molecule has 0 unspecified atom stereocenters. The highest BCUT2D eigenvalue weighted by Crippen LogP contribution is 2.31. The van der Waals surface area contributed by atoms with Crippen LogP contribution < -0.4 is 10.4 Å². The van der Waals surface area contributed by atoms with Gasteiger partial charge in [0.2, 0.25) is 0 Å². The zero-order valence-corrected chi connectivity index (χ0v) is 14.7. The number of hydrogen-bond donors (Lipinski definition) is 1. The summed E-state index contributed by atoms with van der Waals surface area (Å²) in [7, 11) is -2.72. The fourth-order valence-electron chi connectivity index (χ4n) is 1.88. The SMILES string of the molecule is Cc1nc2nc(S(=O)(=O)Nc3c(Cl)cccc3Cl)nn2c(=O)n1C. The van der Waals surface area contributed by atoms with Gasteiger partial charge in [-0.05, 0) is 19.1 Å². The quantitative estimate of drug-likeness (QED) is 0.722. The molecule has 0 fully saturated rings.